The van der Waals surface area contributed by atoms with Gasteiger partial charge in [0.25, 0.3) is 0 Å². The zero-order valence-electron chi connectivity index (χ0n) is 21.9. The Bertz CT molecular complexity index is 1380. The van der Waals surface area contributed by atoms with Gasteiger partial charge in [0.2, 0.25) is 0 Å². The largest absolute Gasteiger partial charge is 0.416 e. The first-order chi connectivity index (χ1) is 18.1. The third kappa shape index (κ3) is 5.37. The highest BCUT2D eigenvalue weighted by Crippen LogP contribution is 2.35. The van der Waals surface area contributed by atoms with Crippen LogP contribution in [0.2, 0.25) is 0 Å². The van der Waals surface area contributed by atoms with Crippen molar-refractivity contribution in [3.8, 4) is 6.07 Å². The molecule has 1 unspecified atom stereocenters. The van der Waals surface area contributed by atoms with Gasteiger partial charge in [-0.3, -0.25) is 9.47 Å². The molecule has 8 nitrogen and oxygen atoms in total. The zero-order chi connectivity index (χ0) is 27.6. The van der Waals surface area contributed by atoms with E-state index < -0.39 is 17.4 Å². The van der Waals surface area contributed by atoms with Gasteiger partial charge in [-0.2, -0.15) is 23.4 Å². The van der Waals surface area contributed by atoms with Gasteiger partial charge < -0.3 is 9.64 Å². The number of anilines is 1. The maximum absolute atomic E-state index is 13.1. The predicted molar refractivity (Wildman–Crippen MR) is 138 cm³/mol. The van der Waals surface area contributed by atoms with Gasteiger partial charge in [-0.1, -0.05) is 19.1 Å². The SMILES string of the molecule is CCOC[C@@H]1CN(c2nc(=O)n(C)c3ccc(C#N)nc23)[C@@H](C)CN1C(CC)c1ccc(C(F)(F)F)cc1. The molecule has 1 aromatic carbocycles. The van der Waals surface area contributed by atoms with Crippen molar-refractivity contribution in [2.24, 2.45) is 7.05 Å². The molecule has 0 N–H and O–H groups in total. The highest BCUT2D eigenvalue weighted by atomic mass is 19.4. The summed E-state index contributed by atoms with van der Waals surface area (Å²) in [5, 5.41) is 9.41. The number of hydrogen-bond acceptors (Lipinski definition) is 7. The number of fused-ring (bicyclic) bond motifs is 1. The molecule has 0 saturated carbocycles. The molecule has 38 heavy (non-hydrogen) atoms. The number of alkyl halides is 3. The molecule has 11 heteroatoms. The molecule has 1 aliphatic heterocycles. The van der Waals surface area contributed by atoms with Crippen LogP contribution in [0.1, 0.15) is 50.1 Å². The van der Waals surface area contributed by atoms with Crippen molar-refractivity contribution < 1.29 is 17.9 Å². The molecule has 202 valence electrons. The number of nitrogens with zero attached hydrogens (tertiary/aromatic N) is 6. The molecule has 0 bridgehead atoms. The first-order valence-electron chi connectivity index (χ1n) is 12.6. The van der Waals surface area contributed by atoms with E-state index in [0.29, 0.717) is 49.6 Å². The molecule has 3 aromatic rings. The van der Waals surface area contributed by atoms with E-state index in [1.807, 2.05) is 31.7 Å². The van der Waals surface area contributed by atoms with Gasteiger partial charge in [0.05, 0.1) is 23.7 Å². The van der Waals surface area contributed by atoms with E-state index in [1.165, 1.54) is 4.57 Å². The number of halogens is 3. The van der Waals surface area contributed by atoms with E-state index in [0.717, 1.165) is 17.7 Å². The maximum atomic E-state index is 13.1. The van der Waals surface area contributed by atoms with Gasteiger partial charge in [-0.05, 0) is 50.1 Å². The monoisotopic (exact) mass is 528 g/mol. The van der Waals surface area contributed by atoms with Crippen molar-refractivity contribution in [1.82, 2.24) is 19.4 Å². The third-order valence-corrected chi connectivity index (χ3v) is 7.13. The van der Waals surface area contributed by atoms with E-state index in [4.69, 9.17) is 4.74 Å². The number of nitriles is 1. The number of piperazine rings is 1. The summed E-state index contributed by atoms with van der Waals surface area (Å²) in [5.41, 5.74) is 0.978. The molecule has 0 amide bonds. The lowest BCUT2D eigenvalue weighted by atomic mass is 9.96. The van der Waals surface area contributed by atoms with E-state index in [9.17, 15) is 23.2 Å². The van der Waals surface area contributed by atoms with Crippen LogP contribution in [0.25, 0.3) is 11.0 Å². The molecule has 1 aliphatic rings. The van der Waals surface area contributed by atoms with Crippen LogP contribution in [0, 0.1) is 11.3 Å². The number of rotatable bonds is 7. The highest BCUT2D eigenvalue weighted by molar-refractivity contribution is 5.86. The summed E-state index contributed by atoms with van der Waals surface area (Å²) in [4.78, 5) is 25.8. The summed E-state index contributed by atoms with van der Waals surface area (Å²) in [6, 6.07) is 10.3. The molecule has 3 atom stereocenters. The Morgan fingerprint density at radius 2 is 1.84 bits per heavy atom. The third-order valence-electron chi connectivity index (χ3n) is 7.13. The van der Waals surface area contributed by atoms with Crippen molar-refractivity contribution in [3.63, 3.8) is 0 Å². The average molecular weight is 529 g/mol. The number of aryl methyl sites for hydroxylation is 1. The summed E-state index contributed by atoms with van der Waals surface area (Å²) >= 11 is 0. The zero-order valence-corrected chi connectivity index (χ0v) is 21.9. The molecule has 2 aromatic heterocycles. The Balaban J connectivity index is 1.72. The molecule has 1 fully saturated rings. The topological polar surface area (TPSA) is 87.3 Å². The standard InChI is InChI=1S/C27H31F3N6O2/c1-5-22(18-7-9-19(10-8-18)27(28,29)30)36-14-17(3)35(15-21(36)16-38-6-2)25-24-23(34(4)26(37)33-25)12-11-20(13-31)32-24/h7-12,17,21-22H,5-6,14-16H2,1-4H3/t17-,21-,22?/m0/s1. The second-order valence-corrected chi connectivity index (χ2v) is 9.51. The van der Waals surface area contributed by atoms with Gasteiger partial charge in [0.15, 0.2) is 5.82 Å². The highest BCUT2D eigenvalue weighted by Gasteiger charge is 2.38. The van der Waals surface area contributed by atoms with Crippen molar-refractivity contribution in [1.29, 1.82) is 5.26 Å². The minimum atomic E-state index is -4.39. The number of benzene rings is 1. The van der Waals surface area contributed by atoms with E-state index in [2.05, 4.69) is 14.9 Å². The van der Waals surface area contributed by atoms with Crippen molar-refractivity contribution in [2.45, 2.75) is 51.5 Å². The first-order valence-corrected chi connectivity index (χ1v) is 12.6. The molecule has 0 aliphatic carbocycles. The average Bonchev–Trinajstić information content (AvgIpc) is 2.90. The fraction of sp³-hybridized carbons (Fsp3) is 0.481. The Labute approximate surface area is 219 Å². The van der Waals surface area contributed by atoms with Crippen LogP contribution < -0.4 is 10.6 Å². The minimum absolute atomic E-state index is 0.105. The second-order valence-electron chi connectivity index (χ2n) is 9.51. The Kier molecular flexibility index (Phi) is 8.04. The van der Waals surface area contributed by atoms with Crippen LogP contribution >= 0.6 is 0 Å². The molecule has 0 radical (unpaired) electrons. The van der Waals surface area contributed by atoms with Gasteiger partial charge in [0.1, 0.15) is 17.3 Å². The Hall–Kier alpha value is -3.49. The lowest BCUT2D eigenvalue weighted by Gasteiger charge is -2.48. The van der Waals surface area contributed by atoms with Crippen LogP contribution in [0.3, 0.4) is 0 Å². The summed E-state index contributed by atoms with van der Waals surface area (Å²) < 4.78 is 46.7. The van der Waals surface area contributed by atoms with E-state index >= 15 is 0 Å². The van der Waals surface area contributed by atoms with Gasteiger partial charge in [-0.25, -0.2) is 9.78 Å². The van der Waals surface area contributed by atoms with Crippen LogP contribution in [0.5, 0.6) is 0 Å². The molecular weight excluding hydrogens is 497 g/mol. The molecule has 4 rings (SSSR count). The van der Waals surface area contributed by atoms with E-state index in [1.54, 1.807) is 31.3 Å². The van der Waals surface area contributed by atoms with Crippen LogP contribution in [-0.4, -0.2) is 57.8 Å². The number of hydrogen-bond donors (Lipinski definition) is 0. The number of aromatic nitrogens is 3. The smallest absolute Gasteiger partial charge is 0.380 e. The fourth-order valence-corrected chi connectivity index (χ4v) is 5.17. The summed E-state index contributed by atoms with van der Waals surface area (Å²) in [6.07, 6.45) is -3.69. The number of pyridine rings is 1. The van der Waals surface area contributed by atoms with Gasteiger partial charge in [0, 0.05) is 38.8 Å². The van der Waals surface area contributed by atoms with Crippen molar-refractivity contribution in [2.75, 3.05) is 31.2 Å². The van der Waals surface area contributed by atoms with Crippen molar-refractivity contribution in [3.05, 3.63) is 63.7 Å². The summed E-state index contributed by atoms with van der Waals surface area (Å²) in [5.74, 6) is 0.413. The van der Waals surface area contributed by atoms with E-state index in [-0.39, 0.29) is 23.8 Å². The van der Waals surface area contributed by atoms with Gasteiger partial charge >= 0.3 is 11.9 Å². The quantitative estimate of drug-likeness (QED) is 0.452. The molecule has 1 saturated heterocycles. The number of ether oxygens (including phenoxy) is 1. The first kappa shape index (κ1) is 27.5. The minimum Gasteiger partial charge on any atom is -0.380 e. The fourth-order valence-electron chi connectivity index (χ4n) is 5.17. The lowest BCUT2D eigenvalue weighted by Crippen LogP contribution is -2.60. The lowest BCUT2D eigenvalue weighted by molar-refractivity contribution is -0.137. The molecule has 3 heterocycles. The maximum Gasteiger partial charge on any atom is 0.416 e. The second kappa shape index (κ2) is 11.1. The van der Waals surface area contributed by atoms with Crippen LogP contribution in [0.15, 0.2) is 41.2 Å². The molecular formula is C27H31F3N6O2. The Morgan fingerprint density at radius 3 is 2.45 bits per heavy atom. The van der Waals surface area contributed by atoms with Crippen molar-refractivity contribution >= 4 is 16.9 Å². The summed E-state index contributed by atoms with van der Waals surface area (Å²) in [6.45, 7) is 7.88. The van der Waals surface area contributed by atoms with Gasteiger partial charge in [-0.15, -0.1) is 0 Å². The normalized spacial score (nSPS) is 19.5. The summed E-state index contributed by atoms with van der Waals surface area (Å²) in [7, 11) is 1.62. The predicted octanol–water partition coefficient (Wildman–Crippen LogP) is 4.29. The molecule has 0 spiro atoms. The van der Waals surface area contributed by atoms with Crippen LogP contribution in [-0.2, 0) is 18.0 Å². The van der Waals surface area contributed by atoms with Crippen LogP contribution in [0.4, 0.5) is 19.0 Å². The Morgan fingerprint density at radius 1 is 1.13 bits per heavy atom.